The number of hydrogen-bond acceptors (Lipinski definition) is 4. The lowest BCUT2D eigenvalue weighted by Gasteiger charge is -2.17. The van der Waals surface area contributed by atoms with Gasteiger partial charge in [0, 0.05) is 28.1 Å². The van der Waals surface area contributed by atoms with E-state index in [-0.39, 0.29) is 5.91 Å². The van der Waals surface area contributed by atoms with Gasteiger partial charge < -0.3 is 4.74 Å². The molecule has 0 radical (unpaired) electrons. The van der Waals surface area contributed by atoms with Gasteiger partial charge in [0.25, 0.3) is 5.91 Å². The predicted octanol–water partition coefficient (Wildman–Crippen LogP) is 5.14. The number of aromatic nitrogens is 1. The number of ether oxygens (including phenoxy) is 1. The molecule has 0 saturated carbocycles. The summed E-state index contributed by atoms with van der Waals surface area (Å²) >= 11 is 7.38. The highest BCUT2D eigenvalue weighted by Gasteiger charge is 2.19. The van der Waals surface area contributed by atoms with Crippen LogP contribution in [0.25, 0.3) is 11.3 Å². The first-order chi connectivity index (χ1) is 12.1. The number of benzene rings is 2. The van der Waals surface area contributed by atoms with Crippen molar-refractivity contribution in [3.05, 3.63) is 64.5 Å². The Morgan fingerprint density at radius 1 is 1.16 bits per heavy atom. The molecule has 128 valence electrons. The van der Waals surface area contributed by atoms with E-state index in [2.05, 4.69) is 4.98 Å². The fourth-order valence-electron chi connectivity index (χ4n) is 2.40. The second kappa shape index (κ2) is 7.68. The van der Waals surface area contributed by atoms with Crippen LogP contribution in [0.5, 0.6) is 5.75 Å². The van der Waals surface area contributed by atoms with Gasteiger partial charge in [0.1, 0.15) is 5.75 Å². The molecule has 0 aliphatic rings. The molecule has 1 amide bonds. The van der Waals surface area contributed by atoms with E-state index in [1.165, 1.54) is 11.3 Å². The van der Waals surface area contributed by atoms with Crippen molar-refractivity contribution in [2.45, 2.75) is 6.92 Å². The molecule has 0 unspecified atom stereocenters. The lowest BCUT2D eigenvalue weighted by atomic mass is 10.2. The minimum Gasteiger partial charge on any atom is -0.497 e. The highest BCUT2D eigenvalue weighted by atomic mass is 35.5. The maximum Gasteiger partial charge on any atom is 0.260 e. The van der Waals surface area contributed by atoms with E-state index in [4.69, 9.17) is 16.3 Å². The zero-order valence-electron chi connectivity index (χ0n) is 13.9. The zero-order chi connectivity index (χ0) is 17.8. The van der Waals surface area contributed by atoms with Gasteiger partial charge in [-0.3, -0.25) is 9.69 Å². The standard InChI is InChI=1S/C19H17ClN2O2S/c1-3-22(18(23)14-6-10-16(24-2)11-7-14)19-21-17(12-25-19)13-4-8-15(20)9-5-13/h4-12H,3H2,1-2H3. The number of thiazole rings is 1. The Hall–Kier alpha value is -2.37. The number of amides is 1. The Morgan fingerprint density at radius 3 is 2.44 bits per heavy atom. The van der Waals surface area contributed by atoms with Crippen LogP contribution in [-0.2, 0) is 0 Å². The maximum absolute atomic E-state index is 12.8. The lowest BCUT2D eigenvalue weighted by Crippen LogP contribution is -2.30. The Morgan fingerprint density at radius 2 is 1.84 bits per heavy atom. The van der Waals surface area contributed by atoms with Gasteiger partial charge in [-0.1, -0.05) is 23.7 Å². The summed E-state index contributed by atoms with van der Waals surface area (Å²) in [6, 6.07) is 14.6. The first kappa shape index (κ1) is 17.5. The van der Waals surface area contributed by atoms with E-state index in [1.807, 2.05) is 36.6 Å². The van der Waals surface area contributed by atoms with E-state index in [1.54, 1.807) is 36.3 Å². The number of halogens is 1. The third kappa shape index (κ3) is 3.83. The number of nitrogens with zero attached hydrogens (tertiary/aromatic N) is 2. The fourth-order valence-corrected chi connectivity index (χ4v) is 3.42. The summed E-state index contributed by atoms with van der Waals surface area (Å²) in [5.74, 6) is 0.640. The largest absolute Gasteiger partial charge is 0.497 e. The quantitative estimate of drug-likeness (QED) is 0.622. The first-order valence-corrected chi connectivity index (χ1v) is 9.05. The van der Waals surface area contributed by atoms with Crippen LogP contribution in [-0.4, -0.2) is 24.5 Å². The Bertz CT molecular complexity index is 860. The summed E-state index contributed by atoms with van der Waals surface area (Å²) in [6.45, 7) is 2.48. The van der Waals surface area contributed by atoms with Gasteiger partial charge in [-0.2, -0.15) is 0 Å². The summed E-state index contributed by atoms with van der Waals surface area (Å²) in [4.78, 5) is 19.1. The molecule has 0 N–H and O–H groups in total. The highest BCUT2D eigenvalue weighted by molar-refractivity contribution is 7.14. The molecule has 0 aliphatic heterocycles. The van der Waals surface area contributed by atoms with Crippen LogP contribution in [0.2, 0.25) is 5.02 Å². The second-order valence-corrected chi connectivity index (χ2v) is 6.57. The zero-order valence-corrected chi connectivity index (χ0v) is 15.5. The van der Waals surface area contributed by atoms with E-state index in [0.717, 1.165) is 17.0 Å². The van der Waals surface area contributed by atoms with Crippen LogP contribution in [0.1, 0.15) is 17.3 Å². The number of carbonyl (C=O) groups excluding carboxylic acids is 1. The van der Waals surface area contributed by atoms with Gasteiger partial charge in [0.2, 0.25) is 0 Å². The molecule has 3 rings (SSSR count). The number of rotatable bonds is 5. The highest BCUT2D eigenvalue weighted by Crippen LogP contribution is 2.29. The van der Waals surface area contributed by atoms with Crippen molar-refractivity contribution in [3.8, 4) is 17.0 Å². The van der Waals surface area contributed by atoms with Gasteiger partial charge in [-0.25, -0.2) is 4.98 Å². The van der Waals surface area contributed by atoms with Gasteiger partial charge in [-0.15, -0.1) is 11.3 Å². The molecule has 0 fully saturated rings. The number of hydrogen-bond donors (Lipinski definition) is 0. The van der Waals surface area contributed by atoms with Gasteiger partial charge in [-0.05, 0) is 43.3 Å². The molecule has 2 aromatic carbocycles. The Labute approximate surface area is 155 Å². The average Bonchev–Trinajstić information content (AvgIpc) is 3.12. The monoisotopic (exact) mass is 372 g/mol. The van der Waals surface area contributed by atoms with Crippen LogP contribution < -0.4 is 9.64 Å². The molecule has 6 heteroatoms. The molecule has 0 aliphatic carbocycles. The molecular weight excluding hydrogens is 356 g/mol. The van der Waals surface area contributed by atoms with Gasteiger partial charge in [0.15, 0.2) is 5.13 Å². The summed E-state index contributed by atoms with van der Waals surface area (Å²) < 4.78 is 5.14. The molecule has 0 atom stereocenters. The van der Waals surface area contributed by atoms with Crippen molar-refractivity contribution >= 4 is 34.0 Å². The minimum absolute atomic E-state index is 0.0813. The predicted molar refractivity (Wildman–Crippen MR) is 103 cm³/mol. The third-order valence-electron chi connectivity index (χ3n) is 3.76. The summed E-state index contributed by atoms with van der Waals surface area (Å²) in [6.07, 6.45) is 0. The molecule has 0 bridgehead atoms. The van der Waals surface area contributed by atoms with E-state index in [9.17, 15) is 4.79 Å². The molecule has 3 aromatic rings. The van der Waals surface area contributed by atoms with Crippen molar-refractivity contribution in [2.24, 2.45) is 0 Å². The maximum atomic E-state index is 12.8. The summed E-state index contributed by atoms with van der Waals surface area (Å²) in [5, 5.41) is 3.31. The Balaban J connectivity index is 1.85. The SMILES string of the molecule is CCN(C(=O)c1ccc(OC)cc1)c1nc(-c2ccc(Cl)cc2)cs1. The van der Waals surface area contributed by atoms with Crippen molar-refractivity contribution in [3.63, 3.8) is 0 Å². The van der Waals surface area contributed by atoms with Crippen molar-refractivity contribution < 1.29 is 9.53 Å². The molecule has 4 nitrogen and oxygen atoms in total. The van der Waals surface area contributed by atoms with Gasteiger partial charge in [0.05, 0.1) is 12.8 Å². The topological polar surface area (TPSA) is 42.4 Å². The lowest BCUT2D eigenvalue weighted by molar-refractivity contribution is 0.0988. The van der Waals surface area contributed by atoms with Crippen LogP contribution in [0.4, 0.5) is 5.13 Å². The second-order valence-electron chi connectivity index (χ2n) is 5.30. The third-order valence-corrected chi connectivity index (χ3v) is 4.88. The molecule has 0 spiro atoms. The summed E-state index contributed by atoms with van der Waals surface area (Å²) in [5.41, 5.74) is 2.41. The van der Waals surface area contributed by atoms with E-state index >= 15 is 0 Å². The van der Waals surface area contributed by atoms with Crippen LogP contribution in [0.15, 0.2) is 53.9 Å². The fraction of sp³-hybridized carbons (Fsp3) is 0.158. The normalized spacial score (nSPS) is 10.5. The molecular formula is C19H17ClN2O2S. The van der Waals surface area contributed by atoms with E-state index < -0.39 is 0 Å². The number of anilines is 1. The molecule has 1 heterocycles. The average molecular weight is 373 g/mol. The minimum atomic E-state index is -0.0813. The number of carbonyl (C=O) groups is 1. The van der Waals surface area contributed by atoms with Crippen molar-refractivity contribution in [1.82, 2.24) is 4.98 Å². The smallest absolute Gasteiger partial charge is 0.260 e. The molecule has 25 heavy (non-hydrogen) atoms. The number of methoxy groups -OCH3 is 1. The van der Waals surface area contributed by atoms with Crippen LogP contribution >= 0.6 is 22.9 Å². The summed E-state index contributed by atoms with van der Waals surface area (Å²) in [7, 11) is 1.60. The molecule has 1 aromatic heterocycles. The Kier molecular flexibility index (Phi) is 5.36. The van der Waals surface area contributed by atoms with Crippen LogP contribution in [0, 0.1) is 0 Å². The van der Waals surface area contributed by atoms with Gasteiger partial charge >= 0.3 is 0 Å². The molecule has 0 saturated heterocycles. The van der Waals surface area contributed by atoms with Crippen LogP contribution in [0.3, 0.4) is 0 Å². The van der Waals surface area contributed by atoms with E-state index in [0.29, 0.717) is 22.3 Å². The van der Waals surface area contributed by atoms with Crippen molar-refractivity contribution in [2.75, 3.05) is 18.6 Å². The van der Waals surface area contributed by atoms with Crippen molar-refractivity contribution in [1.29, 1.82) is 0 Å². The first-order valence-electron chi connectivity index (χ1n) is 7.79.